The van der Waals surface area contributed by atoms with Gasteiger partial charge in [-0.1, -0.05) is 0 Å². The van der Waals surface area contributed by atoms with Crippen LogP contribution in [0.15, 0.2) is 4.79 Å². The Balaban J connectivity index is 2.60. The van der Waals surface area contributed by atoms with E-state index >= 15 is 0 Å². The summed E-state index contributed by atoms with van der Waals surface area (Å²) < 4.78 is 0. The summed E-state index contributed by atoms with van der Waals surface area (Å²) in [7, 11) is 2.06. The van der Waals surface area contributed by atoms with E-state index in [-0.39, 0.29) is 11.6 Å². The molecule has 1 aromatic heterocycles. The third-order valence-electron chi connectivity index (χ3n) is 2.94. The minimum atomic E-state index is 0.0347. The van der Waals surface area contributed by atoms with Crippen molar-refractivity contribution < 1.29 is 0 Å². The van der Waals surface area contributed by atoms with Crippen molar-refractivity contribution in [2.45, 2.75) is 26.3 Å². The molecule has 0 fully saturated rings. The lowest BCUT2D eigenvalue weighted by Crippen LogP contribution is -2.35. The van der Waals surface area contributed by atoms with Crippen molar-refractivity contribution in [3.05, 3.63) is 27.4 Å². The molecule has 1 N–H and O–H groups in total. The van der Waals surface area contributed by atoms with Crippen LogP contribution in [0.4, 0.5) is 0 Å². The Kier molecular flexibility index (Phi) is 2.15. The normalized spacial score (nSPS) is 22.1. The SMILES string of the molecule is Cc1nc2c(c(=O)[nH]1)CCN(C)C2C. The number of nitrogens with one attached hydrogen (secondary N) is 1. The Morgan fingerprint density at radius 3 is 3.00 bits per heavy atom. The van der Waals surface area contributed by atoms with E-state index in [9.17, 15) is 4.79 Å². The molecule has 1 atom stereocenters. The number of aromatic amines is 1. The van der Waals surface area contributed by atoms with Gasteiger partial charge in [-0.2, -0.15) is 0 Å². The number of nitrogens with zero attached hydrogens (tertiary/aromatic N) is 2. The third-order valence-corrected chi connectivity index (χ3v) is 2.94. The summed E-state index contributed by atoms with van der Waals surface area (Å²) in [5.41, 5.74) is 1.84. The summed E-state index contributed by atoms with van der Waals surface area (Å²) in [4.78, 5) is 21.0. The highest BCUT2D eigenvalue weighted by molar-refractivity contribution is 5.23. The third kappa shape index (κ3) is 1.35. The first-order chi connectivity index (χ1) is 6.59. The summed E-state index contributed by atoms with van der Waals surface area (Å²) in [6.45, 7) is 4.84. The molecule has 1 aromatic rings. The van der Waals surface area contributed by atoms with Crippen molar-refractivity contribution in [3.8, 4) is 0 Å². The second-order valence-electron chi connectivity index (χ2n) is 3.92. The van der Waals surface area contributed by atoms with Crippen molar-refractivity contribution in [1.82, 2.24) is 14.9 Å². The van der Waals surface area contributed by atoms with Gasteiger partial charge in [0, 0.05) is 18.2 Å². The molecule has 2 rings (SSSR count). The molecule has 0 radical (unpaired) electrons. The molecule has 1 unspecified atom stereocenters. The van der Waals surface area contributed by atoms with Crippen LogP contribution >= 0.6 is 0 Å². The zero-order chi connectivity index (χ0) is 10.3. The predicted molar refractivity (Wildman–Crippen MR) is 54.3 cm³/mol. The summed E-state index contributed by atoms with van der Waals surface area (Å²) in [5.74, 6) is 0.705. The number of hydrogen-bond acceptors (Lipinski definition) is 3. The second-order valence-corrected chi connectivity index (χ2v) is 3.92. The molecule has 76 valence electrons. The number of hydrogen-bond donors (Lipinski definition) is 1. The van der Waals surface area contributed by atoms with Gasteiger partial charge in [0.2, 0.25) is 0 Å². The lowest BCUT2D eigenvalue weighted by molar-refractivity contribution is 0.240. The van der Waals surface area contributed by atoms with Crippen LogP contribution in [0.1, 0.15) is 30.0 Å². The van der Waals surface area contributed by atoms with Gasteiger partial charge < -0.3 is 4.98 Å². The highest BCUT2D eigenvalue weighted by Gasteiger charge is 2.24. The van der Waals surface area contributed by atoms with Gasteiger partial charge in [-0.05, 0) is 27.3 Å². The standard InChI is InChI=1S/C10H15N3O/c1-6-9-8(4-5-13(6)3)10(14)12-7(2)11-9/h6H,4-5H2,1-3H3,(H,11,12,14). The Bertz CT molecular complexity index is 410. The van der Waals surface area contributed by atoms with Gasteiger partial charge in [0.25, 0.3) is 5.56 Å². The molecule has 0 spiro atoms. The molecule has 1 aliphatic rings. The fourth-order valence-electron chi connectivity index (χ4n) is 1.91. The monoisotopic (exact) mass is 193 g/mol. The molecule has 0 amide bonds. The zero-order valence-electron chi connectivity index (χ0n) is 8.79. The average molecular weight is 193 g/mol. The lowest BCUT2D eigenvalue weighted by atomic mass is 10.0. The average Bonchev–Trinajstić information content (AvgIpc) is 2.12. The molecule has 14 heavy (non-hydrogen) atoms. The molecule has 0 saturated heterocycles. The van der Waals surface area contributed by atoms with Gasteiger partial charge in [-0.3, -0.25) is 9.69 Å². The van der Waals surface area contributed by atoms with Crippen molar-refractivity contribution in [2.24, 2.45) is 0 Å². The van der Waals surface area contributed by atoms with Crippen molar-refractivity contribution in [3.63, 3.8) is 0 Å². The van der Waals surface area contributed by atoms with Crippen molar-refractivity contribution in [2.75, 3.05) is 13.6 Å². The topological polar surface area (TPSA) is 49.0 Å². The van der Waals surface area contributed by atoms with Crippen LogP contribution in [0.2, 0.25) is 0 Å². The number of fused-ring (bicyclic) bond motifs is 1. The quantitative estimate of drug-likeness (QED) is 0.657. The first kappa shape index (κ1) is 9.40. The van der Waals surface area contributed by atoms with Crippen molar-refractivity contribution >= 4 is 0 Å². The van der Waals surface area contributed by atoms with E-state index in [1.165, 1.54) is 0 Å². The van der Waals surface area contributed by atoms with E-state index in [0.29, 0.717) is 5.82 Å². The van der Waals surface area contributed by atoms with E-state index in [1.807, 2.05) is 6.92 Å². The lowest BCUT2D eigenvalue weighted by Gasteiger charge is -2.30. The van der Waals surface area contributed by atoms with E-state index in [1.54, 1.807) is 0 Å². The Labute approximate surface area is 83.0 Å². The molecule has 0 aliphatic carbocycles. The Morgan fingerprint density at radius 1 is 1.57 bits per heavy atom. The maximum absolute atomic E-state index is 11.6. The Morgan fingerprint density at radius 2 is 2.29 bits per heavy atom. The fraction of sp³-hybridized carbons (Fsp3) is 0.600. The molecule has 1 aliphatic heterocycles. The Hall–Kier alpha value is -1.16. The zero-order valence-corrected chi connectivity index (χ0v) is 8.79. The minimum absolute atomic E-state index is 0.0347. The summed E-state index contributed by atoms with van der Waals surface area (Å²) in [6, 6.07) is 0.250. The van der Waals surface area contributed by atoms with E-state index < -0.39 is 0 Å². The van der Waals surface area contributed by atoms with E-state index in [2.05, 4.69) is 28.8 Å². The van der Waals surface area contributed by atoms with Crippen LogP contribution in [0.25, 0.3) is 0 Å². The highest BCUT2D eigenvalue weighted by atomic mass is 16.1. The first-order valence-electron chi connectivity index (χ1n) is 4.89. The van der Waals surface area contributed by atoms with Gasteiger partial charge >= 0.3 is 0 Å². The fourth-order valence-corrected chi connectivity index (χ4v) is 1.91. The maximum atomic E-state index is 11.6. The van der Waals surface area contributed by atoms with Crippen LogP contribution in [0.5, 0.6) is 0 Å². The van der Waals surface area contributed by atoms with Gasteiger partial charge in [0.15, 0.2) is 0 Å². The van der Waals surface area contributed by atoms with Crippen LogP contribution in [0, 0.1) is 6.92 Å². The molecular weight excluding hydrogens is 178 g/mol. The molecule has 4 nitrogen and oxygen atoms in total. The smallest absolute Gasteiger partial charge is 0.254 e. The van der Waals surface area contributed by atoms with Gasteiger partial charge in [-0.15, -0.1) is 0 Å². The maximum Gasteiger partial charge on any atom is 0.254 e. The summed E-state index contributed by atoms with van der Waals surface area (Å²) in [5, 5.41) is 0. The van der Waals surface area contributed by atoms with Gasteiger partial charge in [0.05, 0.1) is 5.69 Å². The number of aryl methyl sites for hydroxylation is 1. The number of aromatic nitrogens is 2. The number of rotatable bonds is 0. The van der Waals surface area contributed by atoms with Gasteiger partial charge in [0.1, 0.15) is 5.82 Å². The molecule has 0 saturated carbocycles. The molecular formula is C10H15N3O. The van der Waals surface area contributed by atoms with Crippen molar-refractivity contribution in [1.29, 1.82) is 0 Å². The first-order valence-corrected chi connectivity index (χ1v) is 4.89. The van der Waals surface area contributed by atoms with Crippen LogP contribution in [-0.2, 0) is 6.42 Å². The minimum Gasteiger partial charge on any atom is -0.311 e. The second kappa shape index (κ2) is 3.20. The molecule has 2 heterocycles. The van der Waals surface area contributed by atoms with E-state index in [0.717, 1.165) is 24.2 Å². The highest BCUT2D eigenvalue weighted by Crippen LogP contribution is 2.23. The summed E-state index contributed by atoms with van der Waals surface area (Å²) in [6.07, 6.45) is 0.804. The van der Waals surface area contributed by atoms with Crippen LogP contribution in [0.3, 0.4) is 0 Å². The largest absolute Gasteiger partial charge is 0.311 e. The molecule has 4 heteroatoms. The van der Waals surface area contributed by atoms with Gasteiger partial charge in [-0.25, -0.2) is 4.98 Å². The number of likely N-dealkylation sites (N-methyl/N-ethyl adjacent to an activating group) is 1. The van der Waals surface area contributed by atoms with Crippen LogP contribution in [-0.4, -0.2) is 28.5 Å². The van der Waals surface area contributed by atoms with Crippen LogP contribution < -0.4 is 5.56 Å². The molecule has 0 aromatic carbocycles. The predicted octanol–water partition coefficient (Wildman–Crippen LogP) is 0.627. The van der Waals surface area contributed by atoms with E-state index in [4.69, 9.17) is 0 Å². The molecule has 0 bridgehead atoms. The summed E-state index contributed by atoms with van der Waals surface area (Å²) >= 11 is 0. The number of H-pyrrole nitrogens is 1.